The number of alkyl carbamates (subject to hydrolysis) is 1. The van der Waals surface area contributed by atoms with E-state index in [0.29, 0.717) is 5.52 Å². The van der Waals surface area contributed by atoms with Gasteiger partial charge in [-0.05, 0) is 52.0 Å². The maximum absolute atomic E-state index is 13.0. The van der Waals surface area contributed by atoms with Gasteiger partial charge in [0, 0.05) is 24.0 Å². The zero-order chi connectivity index (χ0) is 21.1. The summed E-state index contributed by atoms with van der Waals surface area (Å²) in [5, 5.41) is 2.82. The van der Waals surface area contributed by atoms with E-state index in [1.165, 1.54) is 16.7 Å². The number of carbonyl (C=O) groups excluding carboxylic acids is 2. The molecule has 1 N–H and O–H groups in total. The van der Waals surface area contributed by atoms with Crippen molar-refractivity contribution in [2.24, 2.45) is 0 Å². The van der Waals surface area contributed by atoms with Crippen LogP contribution in [0.2, 0.25) is 0 Å². The molecular formula is C19H23F3N2O4. The average molecular weight is 400 g/mol. The van der Waals surface area contributed by atoms with Gasteiger partial charge in [0.15, 0.2) is 0 Å². The van der Waals surface area contributed by atoms with E-state index in [0.717, 1.165) is 12.1 Å². The Morgan fingerprint density at radius 2 is 1.82 bits per heavy atom. The fraction of sp³-hybridized carbons (Fsp3) is 0.474. The number of alkyl halides is 3. The number of hydrogen-bond donors (Lipinski definition) is 1. The molecule has 2 rings (SSSR count). The molecule has 0 aliphatic carbocycles. The van der Waals surface area contributed by atoms with Crippen molar-refractivity contribution >= 4 is 23.0 Å². The van der Waals surface area contributed by atoms with Crippen molar-refractivity contribution in [1.82, 2.24) is 9.88 Å². The fourth-order valence-electron chi connectivity index (χ4n) is 2.65. The summed E-state index contributed by atoms with van der Waals surface area (Å²) in [6.07, 6.45) is -5.11. The molecule has 1 amide bonds. The predicted molar refractivity (Wildman–Crippen MR) is 97.1 cm³/mol. The lowest BCUT2D eigenvalue weighted by atomic mass is 10.1. The third kappa shape index (κ3) is 5.40. The zero-order valence-corrected chi connectivity index (χ0v) is 16.1. The molecule has 0 unspecified atom stereocenters. The van der Waals surface area contributed by atoms with Crippen molar-refractivity contribution in [1.29, 1.82) is 0 Å². The Hall–Kier alpha value is -2.71. The average Bonchev–Trinajstić information content (AvgIpc) is 2.91. The summed E-state index contributed by atoms with van der Waals surface area (Å²) >= 11 is 0. The second kappa shape index (κ2) is 8.12. The molecular weight excluding hydrogens is 377 g/mol. The van der Waals surface area contributed by atoms with E-state index in [1.807, 2.05) is 0 Å². The molecule has 0 bridgehead atoms. The summed E-state index contributed by atoms with van der Waals surface area (Å²) in [6, 6.07) is 4.59. The number of ether oxygens (including phenoxy) is 2. The lowest BCUT2D eigenvalue weighted by Crippen LogP contribution is -2.34. The van der Waals surface area contributed by atoms with Gasteiger partial charge in [-0.3, -0.25) is 0 Å². The number of benzene rings is 1. The highest BCUT2D eigenvalue weighted by molar-refractivity contribution is 5.96. The summed E-state index contributed by atoms with van der Waals surface area (Å²) in [5.74, 6) is -0.649. The van der Waals surface area contributed by atoms with Crippen LogP contribution >= 0.6 is 0 Å². The second-order valence-electron chi connectivity index (χ2n) is 7.10. The Bertz CT molecular complexity index is 866. The quantitative estimate of drug-likeness (QED) is 0.757. The van der Waals surface area contributed by atoms with E-state index in [9.17, 15) is 22.8 Å². The first-order valence-electron chi connectivity index (χ1n) is 8.77. The van der Waals surface area contributed by atoms with Crippen molar-refractivity contribution in [2.75, 3.05) is 13.2 Å². The maximum Gasteiger partial charge on any atom is 0.416 e. The van der Waals surface area contributed by atoms with Crippen LogP contribution in [0.1, 0.15) is 43.7 Å². The molecule has 0 aliphatic rings. The summed E-state index contributed by atoms with van der Waals surface area (Å²) in [6.45, 7) is 7.21. The first-order chi connectivity index (χ1) is 12.9. The van der Waals surface area contributed by atoms with Gasteiger partial charge in [-0.2, -0.15) is 13.2 Å². The molecule has 1 heterocycles. The molecule has 0 saturated heterocycles. The highest BCUT2D eigenvalue weighted by atomic mass is 19.4. The third-order valence-electron chi connectivity index (χ3n) is 3.72. The first kappa shape index (κ1) is 21.6. The summed E-state index contributed by atoms with van der Waals surface area (Å²) in [4.78, 5) is 24.0. The van der Waals surface area contributed by atoms with Gasteiger partial charge >= 0.3 is 18.2 Å². The number of amides is 1. The molecule has 0 radical (unpaired) electrons. The molecule has 0 spiro atoms. The molecule has 9 heteroatoms. The number of nitrogens with one attached hydrogen (secondary N) is 1. The number of nitrogens with zero attached hydrogens (tertiary/aromatic N) is 1. The monoisotopic (exact) mass is 400 g/mol. The van der Waals surface area contributed by atoms with E-state index >= 15 is 0 Å². The van der Waals surface area contributed by atoms with Gasteiger partial charge in [-0.15, -0.1) is 0 Å². The van der Waals surface area contributed by atoms with E-state index in [-0.39, 0.29) is 30.8 Å². The second-order valence-corrected chi connectivity index (χ2v) is 7.10. The van der Waals surface area contributed by atoms with Gasteiger partial charge in [0.05, 0.1) is 12.2 Å². The van der Waals surface area contributed by atoms with E-state index < -0.39 is 29.4 Å². The molecule has 154 valence electrons. The van der Waals surface area contributed by atoms with Crippen molar-refractivity contribution in [3.05, 3.63) is 35.5 Å². The maximum atomic E-state index is 13.0. The van der Waals surface area contributed by atoms with Gasteiger partial charge in [-0.25, -0.2) is 9.59 Å². The van der Waals surface area contributed by atoms with Crippen LogP contribution in [0.25, 0.3) is 10.9 Å². The minimum Gasteiger partial charge on any atom is -0.461 e. The molecule has 28 heavy (non-hydrogen) atoms. The Morgan fingerprint density at radius 3 is 2.39 bits per heavy atom. The Labute approximate surface area is 160 Å². The van der Waals surface area contributed by atoms with Crippen LogP contribution in [0.4, 0.5) is 18.0 Å². The Morgan fingerprint density at radius 1 is 1.14 bits per heavy atom. The van der Waals surface area contributed by atoms with Crippen molar-refractivity contribution in [2.45, 2.75) is 46.0 Å². The van der Waals surface area contributed by atoms with Gasteiger partial charge in [-0.1, -0.05) is 0 Å². The van der Waals surface area contributed by atoms with Crippen LogP contribution in [0.3, 0.4) is 0 Å². The smallest absolute Gasteiger partial charge is 0.416 e. The van der Waals surface area contributed by atoms with Crippen LogP contribution in [0, 0.1) is 0 Å². The van der Waals surface area contributed by atoms with Crippen molar-refractivity contribution in [3.8, 4) is 0 Å². The molecule has 0 saturated carbocycles. The van der Waals surface area contributed by atoms with Gasteiger partial charge in [0.2, 0.25) is 0 Å². The number of halogens is 3. The number of carbonyl (C=O) groups is 2. The Kier molecular flexibility index (Phi) is 6.26. The van der Waals surface area contributed by atoms with Crippen LogP contribution < -0.4 is 5.32 Å². The third-order valence-corrected chi connectivity index (χ3v) is 3.72. The molecule has 0 atom stereocenters. The minimum atomic E-state index is -4.49. The summed E-state index contributed by atoms with van der Waals surface area (Å²) in [7, 11) is 0. The summed E-state index contributed by atoms with van der Waals surface area (Å²) in [5.41, 5.74) is -0.919. The fourth-order valence-corrected chi connectivity index (χ4v) is 2.65. The lowest BCUT2D eigenvalue weighted by Gasteiger charge is -2.20. The number of esters is 1. The van der Waals surface area contributed by atoms with Crippen LogP contribution in [0.15, 0.2) is 24.3 Å². The predicted octanol–water partition coefficient (Wildman–Crippen LogP) is 4.36. The zero-order valence-electron chi connectivity index (χ0n) is 16.1. The Balaban J connectivity index is 2.29. The molecule has 2 aromatic rings. The van der Waals surface area contributed by atoms with Crippen molar-refractivity contribution in [3.63, 3.8) is 0 Å². The van der Waals surface area contributed by atoms with E-state index in [1.54, 1.807) is 27.7 Å². The number of hydrogen-bond acceptors (Lipinski definition) is 4. The molecule has 0 aliphatic heterocycles. The number of fused-ring (bicyclic) bond motifs is 1. The highest BCUT2D eigenvalue weighted by Crippen LogP contribution is 2.32. The van der Waals surface area contributed by atoms with Crippen molar-refractivity contribution < 1.29 is 32.2 Å². The first-order valence-corrected chi connectivity index (χ1v) is 8.77. The molecule has 6 nitrogen and oxygen atoms in total. The number of aromatic nitrogens is 1. The van der Waals surface area contributed by atoms with Gasteiger partial charge in [0.1, 0.15) is 11.3 Å². The highest BCUT2D eigenvalue weighted by Gasteiger charge is 2.31. The van der Waals surface area contributed by atoms with Crippen LogP contribution in [-0.4, -0.2) is 35.4 Å². The van der Waals surface area contributed by atoms with Gasteiger partial charge < -0.3 is 19.4 Å². The van der Waals surface area contributed by atoms with Crippen LogP contribution in [-0.2, 0) is 22.2 Å². The van der Waals surface area contributed by atoms with Gasteiger partial charge in [0.25, 0.3) is 0 Å². The normalized spacial score (nSPS) is 12.1. The topological polar surface area (TPSA) is 69.6 Å². The molecule has 1 aromatic heterocycles. The largest absolute Gasteiger partial charge is 0.461 e. The SMILES string of the molecule is CCOC(=O)c1cc2cc(C(F)(F)F)ccc2n1CCNC(=O)OC(C)(C)C. The molecule has 0 fully saturated rings. The lowest BCUT2D eigenvalue weighted by molar-refractivity contribution is -0.137. The minimum absolute atomic E-state index is 0.113. The van der Waals surface area contributed by atoms with E-state index in [4.69, 9.17) is 9.47 Å². The summed E-state index contributed by atoms with van der Waals surface area (Å²) < 4.78 is 50.6. The molecule has 1 aromatic carbocycles. The number of rotatable bonds is 5. The van der Waals surface area contributed by atoms with E-state index in [2.05, 4.69) is 5.32 Å². The van der Waals surface area contributed by atoms with Crippen LogP contribution in [0.5, 0.6) is 0 Å². The standard InChI is InChI=1S/C19H23F3N2O4/c1-5-27-16(25)15-11-12-10-13(19(20,21)22)6-7-14(12)24(15)9-8-23-17(26)28-18(2,3)4/h6-7,10-11H,5,8-9H2,1-4H3,(H,23,26).